The van der Waals surface area contributed by atoms with E-state index in [9.17, 15) is 0 Å². The van der Waals surface area contributed by atoms with Crippen molar-refractivity contribution in [2.24, 2.45) is 0 Å². The molecule has 1 aliphatic heterocycles. The number of hydrogen-bond donors (Lipinski definition) is 0. The van der Waals surface area contributed by atoms with Crippen molar-refractivity contribution >= 4 is 11.6 Å². The smallest absolute Gasteiger partial charge is 0.0586 e. The van der Waals surface area contributed by atoms with Crippen molar-refractivity contribution in [2.45, 2.75) is 76.2 Å². The molecule has 0 radical (unpaired) electrons. The van der Waals surface area contributed by atoms with Crippen LogP contribution in [0, 0.1) is 0 Å². The minimum Gasteiger partial charge on any atom is -0.378 e. The van der Waals surface area contributed by atoms with Crippen molar-refractivity contribution in [3.8, 4) is 0 Å². The Labute approximate surface area is 135 Å². The van der Waals surface area contributed by atoms with Crippen molar-refractivity contribution in [2.75, 3.05) is 6.61 Å². The molecule has 0 spiro atoms. The van der Waals surface area contributed by atoms with Crippen LogP contribution >= 0.6 is 11.6 Å². The summed E-state index contributed by atoms with van der Waals surface area (Å²) in [5, 5.41) is 0.106. The molecule has 0 aromatic heterocycles. The Hall–Kier alpha value is -0.530. The van der Waals surface area contributed by atoms with Crippen LogP contribution in [0.1, 0.15) is 75.8 Å². The SMILES string of the molecule is CCC(C)(C)c1ccc(C(Cl)CCC2CCCCO2)cc1. The fourth-order valence-electron chi connectivity index (χ4n) is 2.88. The first-order chi connectivity index (χ1) is 10.0. The van der Waals surface area contributed by atoms with Crippen molar-refractivity contribution in [3.05, 3.63) is 35.4 Å². The topological polar surface area (TPSA) is 9.23 Å². The molecule has 118 valence electrons. The van der Waals surface area contributed by atoms with E-state index < -0.39 is 0 Å². The summed E-state index contributed by atoms with van der Waals surface area (Å²) < 4.78 is 5.78. The maximum atomic E-state index is 6.57. The van der Waals surface area contributed by atoms with Gasteiger partial charge in [0.2, 0.25) is 0 Å². The maximum absolute atomic E-state index is 6.57. The van der Waals surface area contributed by atoms with Crippen molar-refractivity contribution in [1.29, 1.82) is 0 Å². The highest BCUT2D eigenvalue weighted by molar-refractivity contribution is 6.20. The second-order valence-corrected chi connectivity index (χ2v) is 7.42. The van der Waals surface area contributed by atoms with Gasteiger partial charge in [-0.15, -0.1) is 11.6 Å². The van der Waals surface area contributed by atoms with E-state index in [1.165, 1.54) is 30.4 Å². The molecule has 0 N–H and O–H groups in total. The predicted octanol–water partition coefficient (Wildman–Crippen LogP) is 6.00. The van der Waals surface area contributed by atoms with Crippen LogP contribution in [0.4, 0.5) is 0 Å². The van der Waals surface area contributed by atoms with Crippen LogP contribution in [0.3, 0.4) is 0 Å². The third kappa shape index (κ3) is 4.72. The Kier molecular flexibility index (Phi) is 6.13. The fraction of sp³-hybridized carbons (Fsp3) is 0.684. The first-order valence-corrected chi connectivity index (χ1v) is 8.82. The van der Waals surface area contributed by atoms with E-state index in [0.717, 1.165) is 25.9 Å². The van der Waals surface area contributed by atoms with E-state index in [2.05, 4.69) is 45.0 Å². The molecule has 1 aromatic rings. The number of benzene rings is 1. The lowest BCUT2D eigenvalue weighted by atomic mass is 9.82. The Morgan fingerprint density at radius 3 is 2.52 bits per heavy atom. The minimum absolute atomic E-state index is 0.106. The zero-order chi connectivity index (χ0) is 15.3. The Morgan fingerprint density at radius 2 is 1.95 bits per heavy atom. The summed E-state index contributed by atoms with van der Waals surface area (Å²) >= 11 is 6.57. The van der Waals surface area contributed by atoms with Crippen LogP contribution in [0.25, 0.3) is 0 Å². The summed E-state index contributed by atoms with van der Waals surface area (Å²) in [5.74, 6) is 0. The standard InChI is InChI=1S/C19H29ClO/c1-4-19(2,3)16-10-8-15(9-11-16)18(20)13-12-17-7-5-6-14-21-17/h8-11,17-18H,4-7,12-14H2,1-3H3. The average Bonchev–Trinajstić information content (AvgIpc) is 2.53. The van der Waals surface area contributed by atoms with Crippen molar-refractivity contribution in [1.82, 2.24) is 0 Å². The van der Waals surface area contributed by atoms with Gasteiger partial charge < -0.3 is 4.74 Å². The van der Waals surface area contributed by atoms with Gasteiger partial charge in [0.1, 0.15) is 0 Å². The number of hydrogen-bond acceptors (Lipinski definition) is 1. The molecule has 0 amide bonds. The fourth-order valence-corrected chi connectivity index (χ4v) is 3.15. The first kappa shape index (κ1) is 16.8. The predicted molar refractivity (Wildman–Crippen MR) is 91.2 cm³/mol. The van der Waals surface area contributed by atoms with Gasteiger partial charge in [-0.1, -0.05) is 45.0 Å². The third-order valence-corrected chi connectivity index (χ3v) is 5.42. The summed E-state index contributed by atoms with van der Waals surface area (Å²) in [6.07, 6.45) is 7.38. The molecule has 1 aliphatic rings. The van der Waals surface area contributed by atoms with Gasteiger partial charge in [-0.3, -0.25) is 0 Å². The second-order valence-electron chi connectivity index (χ2n) is 6.89. The van der Waals surface area contributed by atoms with Crippen molar-refractivity contribution in [3.63, 3.8) is 0 Å². The number of ether oxygens (including phenoxy) is 1. The molecule has 1 heterocycles. The number of rotatable bonds is 6. The lowest BCUT2D eigenvalue weighted by Gasteiger charge is -2.25. The summed E-state index contributed by atoms with van der Waals surface area (Å²) in [6.45, 7) is 7.75. The monoisotopic (exact) mass is 308 g/mol. The molecule has 2 heteroatoms. The summed E-state index contributed by atoms with van der Waals surface area (Å²) in [4.78, 5) is 0. The molecule has 1 aromatic carbocycles. The highest BCUT2D eigenvalue weighted by Crippen LogP contribution is 2.32. The summed E-state index contributed by atoms with van der Waals surface area (Å²) in [6, 6.07) is 8.88. The van der Waals surface area contributed by atoms with Gasteiger partial charge in [0.05, 0.1) is 11.5 Å². The van der Waals surface area contributed by atoms with Crippen LogP contribution in [0.2, 0.25) is 0 Å². The average molecular weight is 309 g/mol. The highest BCUT2D eigenvalue weighted by Gasteiger charge is 2.19. The van der Waals surface area contributed by atoms with Gasteiger partial charge in [-0.25, -0.2) is 0 Å². The molecule has 2 unspecified atom stereocenters. The van der Waals surface area contributed by atoms with Crippen LogP contribution in [-0.4, -0.2) is 12.7 Å². The Balaban J connectivity index is 1.88. The van der Waals surface area contributed by atoms with Gasteiger partial charge in [0.25, 0.3) is 0 Å². The molecule has 2 rings (SSSR count). The molecule has 1 fully saturated rings. The van der Waals surface area contributed by atoms with Gasteiger partial charge in [-0.2, -0.15) is 0 Å². The number of halogens is 1. The van der Waals surface area contributed by atoms with E-state index in [1.807, 2.05) is 0 Å². The Bertz CT molecular complexity index is 418. The second kappa shape index (κ2) is 7.65. The van der Waals surface area contributed by atoms with Crippen LogP contribution in [0.5, 0.6) is 0 Å². The zero-order valence-corrected chi connectivity index (χ0v) is 14.5. The minimum atomic E-state index is 0.106. The lowest BCUT2D eigenvalue weighted by molar-refractivity contribution is 0.0100. The van der Waals surface area contributed by atoms with Gasteiger partial charge in [-0.05, 0) is 55.1 Å². The van der Waals surface area contributed by atoms with Gasteiger partial charge in [0.15, 0.2) is 0 Å². The van der Waals surface area contributed by atoms with Gasteiger partial charge in [0, 0.05) is 6.61 Å². The normalized spacial score (nSPS) is 21.2. The number of alkyl halides is 1. The largest absolute Gasteiger partial charge is 0.378 e. The molecule has 2 atom stereocenters. The van der Waals surface area contributed by atoms with E-state index in [4.69, 9.17) is 16.3 Å². The summed E-state index contributed by atoms with van der Waals surface area (Å²) in [7, 11) is 0. The van der Waals surface area contributed by atoms with Crippen LogP contribution in [0.15, 0.2) is 24.3 Å². The quantitative estimate of drug-likeness (QED) is 0.585. The van der Waals surface area contributed by atoms with E-state index in [1.54, 1.807) is 0 Å². The molecular formula is C19H29ClO. The van der Waals surface area contributed by atoms with Crippen molar-refractivity contribution < 1.29 is 4.74 Å². The molecule has 1 nitrogen and oxygen atoms in total. The molecule has 0 aliphatic carbocycles. The first-order valence-electron chi connectivity index (χ1n) is 8.39. The summed E-state index contributed by atoms with van der Waals surface area (Å²) in [5.41, 5.74) is 2.88. The van der Waals surface area contributed by atoms with E-state index in [-0.39, 0.29) is 10.8 Å². The molecular weight excluding hydrogens is 280 g/mol. The third-order valence-electron chi connectivity index (χ3n) is 4.95. The Morgan fingerprint density at radius 1 is 1.24 bits per heavy atom. The lowest BCUT2D eigenvalue weighted by Crippen LogP contribution is -2.19. The maximum Gasteiger partial charge on any atom is 0.0586 e. The van der Waals surface area contributed by atoms with Gasteiger partial charge >= 0.3 is 0 Å². The molecule has 21 heavy (non-hydrogen) atoms. The highest BCUT2D eigenvalue weighted by atomic mass is 35.5. The van der Waals surface area contributed by atoms with E-state index in [0.29, 0.717) is 6.10 Å². The van der Waals surface area contributed by atoms with Crippen LogP contribution in [-0.2, 0) is 10.2 Å². The van der Waals surface area contributed by atoms with Crippen LogP contribution < -0.4 is 0 Å². The van der Waals surface area contributed by atoms with E-state index >= 15 is 0 Å². The zero-order valence-electron chi connectivity index (χ0n) is 13.7. The molecule has 1 saturated heterocycles. The molecule has 0 saturated carbocycles. The molecule has 0 bridgehead atoms.